The van der Waals surface area contributed by atoms with Crippen LogP contribution in [0.15, 0.2) is 12.3 Å². The number of hydrogen-bond donors (Lipinski definition) is 1. The van der Waals surface area contributed by atoms with Crippen molar-refractivity contribution >= 4 is 11.5 Å². The van der Waals surface area contributed by atoms with Gasteiger partial charge in [-0.05, 0) is 25.7 Å². The molecule has 0 amide bonds. The van der Waals surface area contributed by atoms with E-state index in [0.29, 0.717) is 0 Å². The molecule has 0 bridgehead atoms. The van der Waals surface area contributed by atoms with Crippen LogP contribution in [0.2, 0.25) is 0 Å². The normalized spacial score (nSPS) is 16.4. The number of nitro groups is 1. The zero-order valence-electron chi connectivity index (χ0n) is 10.1. The first kappa shape index (κ1) is 12.3. The fraction of sp³-hybridized carbons (Fsp3) is 0.500. The Morgan fingerprint density at radius 1 is 1.67 bits per heavy atom. The molecule has 0 aromatic carbocycles. The SMILES string of the molecule is CCC1(Nc2ncc(C#N)cc2[N+](=O)[O-])CCC1. The summed E-state index contributed by atoms with van der Waals surface area (Å²) in [6.07, 6.45) is 5.40. The Kier molecular flexibility index (Phi) is 3.15. The zero-order valence-corrected chi connectivity index (χ0v) is 10.1. The number of pyridine rings is 1. The molecule has 1 fully saturated rings. The van der Waals surface area contributed by atoms with Gasteiger partial charge in [0.1, 0.15) is 6.07 Å². The van der Waals surface area contributed by atoms with Gasteiger partial charge in [-0.1, -0.05) is 6.92 Å². The van der Waals surface area contributed by atoms with Crippen molar-refractivity contribution in [3.05, 3.63) is 27.9 Å². The van der Waals surface area contributed by atoms with Gasteiger partial charge in [0.25, 0.3) is 0 Å². The van der Waals surface area contributed by atoms with Gasteiger partial charge >= 0.3 is 5.69 Å². The highest BCUT2D eigenvalue weighted by Crippen LogP contribution is 2.39. The lowest BCUT2D eigenvalue weighted by atomic mass is 9.75. The minimum Gasteiger partial charge on any atom is -0.359 e. The summed E-state index contributed by atoms with van der Waals surface area (Å²) >= 11 is 0. The maximum absolute atomic E-state index is 11.0. The third-order valence-corrected chi connectivity index (χ3v) is 3.56. The monoisotopic (exact) mass is 246 g/mol. The summed E-state index contributed by atoms with van der Waals surface area (Å²) in [5, 5.41) is 22.9. The molecule has 0 saturated heterocycles. The quantitative estimate of drug-likeness (QED) is 0.651. The van der Waals surface area contributed by atoms with Gasteiger partial charge in [-0.15, -0.1) is 0 Å². The van der Waals surface area contributed by atoms with Crippen molar-refractivity contribution in [1.82, 2.24) is 4.98 Å². The van der Waals surface area contributed by atoms with Crippen molar-refractivity contribution < 1.29 is 4.92 Å². The summed E-state index contributed by atoms with van der Waals surface area (Å²) in [5.74, 6) is 0.264. The molecule has 1 aromatic heterocycles. The van der Waals surface area contributed by atoms with Crippen molar-refractivity contribution in [3.63, 3.8) is 0 Å². The number of aromatic nitrogens is 1. The largest absolute Gasteiger partial charge is 0.359 e. The molecule has 1 heterocycles. The first-order valence-electron chi connectivity index (χ1n) is 5.93. The molecule has 1 saturated carbocycles. The van der Waals surface area contributed by atoms with Gasteiger partial charge in [-0.2, -0.15) is 5.26 Å². The molecule has 0 unspecified atom stereocenters. The second kappa shape index (κ2) is 4.61. The van der Waals surface area contributed by atoms with Crippen LogP contribution in [0, 0.1) is 21.4 Å². The van der Waals surface area contributed by atoms with Gasteiger partial charge < -0.3 is 5.32 Å². The van der Waals surface area contributed by atoms with E-state index in [0.717, 1.165) is 25.7 Å². The van der Waals surface area contributed by atoms with E-state index in [9.17, 15) is 10.1 Å². The van der Waals surface area contributed by atoms with Crippen molar-refractivity contribution in [1.29, 1.82) is 5.26 Å². The molecular formula is C12H14N4O2. The van der Waals surface area contributed by atoms with E-state index in [4.69, 9.17) is 5.26 Å². The smallest absolute Gasteiger partial charge is 0.312 e. The highest BCUT2D eigenvalue weighted by atomic mass is 16.6. The number of anilines is 1. The predicted octanol–water partition coefficient (Wildman–Crippen LogP) is 2.61. The standard InChI is InChI=1S/C12H14N4O2/c1-2-12(4-3-5-12)15-11-10(16(17)18)6-9(7-13)8-14-11/h6,8H,2-5H2,1H3,(H,14,15). The summed E-state index contributed by atoms with van der Waals surface area (Å²) in [6.45, 7) is 2.06. The Balaban J connectivity index is 2.33. The summed E-state index contributed by atoms with van der Waals surface area (Å²) in [6, 6.07) is 3.12. The van der Waals surface area contributed by atoms with Crippen molar-refractivity contribution in [2.75, 3.05) is 5.32 Å². The van der Waals surface area contributed by atoms with Crippen molar-refractivity contribution in [2.45, 2.75) is 38.1 Å². The van der Waals surface area contributed by atoms with Crippen LogP contribution in [0.5, 0.6) is 0 Å². The van der Waals surface area contributed by atoms with Crippen molar-refractivity contribution in [2.24, 2.45) is 0 Å². The van der Waals surface area contributed by atoms with Crippen LogP contribution in [0.25, 0.3) is 0 Å². The van der Waals surface area contributed by atoms with Crippen LogP contribution in [-0.2, 0) is 0 Å². The van der Waals surface area contributed by atoms with E-state index in [2.05, 4.69) is 17.2 Å². The molecule has 6 nitrogen and oxygen atoms in total. The average Bonchev–Trinajstić information content (AvgIpc) is 2.33. The lowest BCUT2D eigenvalue weighted by molar-refractivity contribution is -0.384. The van der Waals surface area contributed by atoms with Crippen LogP contribution in [-0.4, -0.2) is 15.4 Å². The summed E-state index contributed by atoms with van der Waals surface area (Å²) in [5.41, 5.74) is 0.00604. The highest BCUT2D eigenvalue weighted by Gasteiger charge is 2.37. The number of hydrogen-bond acceptors (Lipinski definition) is 5. The number of nitrogens with one attached hydrogen (secondary N) is 1. The fourth-order valence-electron chi connectivity index (χ4n) is 2.17. The molecule has 0 radical (unpaired) electrons. The Morgan fingerprint density at radius 3 is 2.83 bits per heavy atom. The molecule has 94 valence electrons. The van der Waals surface area contributed by atoms with Crippen LogP contribution < -0.4 is 5.32 Å². The van der Waals surface area contributed by atoms with Gasteiger partial charge in [0.15, 0.2) is 0 Å². The molecule has 2 rings (SSSR count). The van der Waals surface area contributed by atoms with Gasteiger partial charge in [-0.25, -0.2) is 4.98 Å². The fourth-order valence-corrected chi connectivity index (χ4v) is 2.17. The molecule has 1 aliphatic rings. The summed E-state index contributed by atoms with van der Waals surface area (Å²) < 4.78 is 0. The van der Waals surface area contributed by atoms with Gasteiger partial charge in [0.05, 0.1) is 10.5 Å². The summed E-state index contributed by atoms with van der Waals surface area (Å²) in [4.78, 5) is 14.5. The second-order valence-electron chi connectivity index (χ2n) is 4.57. The lowest BCUT2D eigenvalue weighted by Crippen LogP contribution is -2.44. The topological polar surface area (TPSA) is 91.8 Å². The zero-order chi connectivity index (χ0) is 13.2. The number of rotatable bonds is 4. The molecule has 1 N–H and O–H groups in total. The van der Waals surface area contributed by atoms with E-state index >= 15 is 0 Å². The second-order valence-corrected chi connectivity index (χ2v) is 4.57. The number of nitriles is 1. The highest BCUT2D eigenvalue weighted by molar-refractivity contribution is 5.59. The van der Waals surface area contributed by atoms with E-state index in [-0.39, 0.29) is 22.6 Å². The summed E-state index contributed by atoms with van der Waals surface area (Å²) in [7, 11) is 0. The third-order valence-electron chi connectivity index (χ3n) is 3.56. The maximum Gasteiger partial charge on any atom is 0.312 e. The van der Waals surface area contributed by atoms with Crippen LogP contribution in [0.1, 0.15) is 38.2 Å². The van der Waals surface area contributed by atoms with E-state index in [1.807, 2.05) is 6.07 Å². The predicted molar refractivity (Wildman–Crippen MR) is 66.1 cm³/mol. The van der Waals surface area contributed by atoms with E-state index < -0.39 is 4.92 Å². The van der Waals surface area contributed by atoms with Gasteiger partial charge in [0, 0.05) is 17.8 Å². The van der Waals surface area contributed by atoms with Crippen LogP contribution in [0.3, 0.4) is 0 Å². The third kappa shape index (κ3) is 2.12. The molecule has 0 atom stereocenters. The van der Waals surface area contributed by atoms with Crippen LogP contribution in [0.4, 0.5) is 11.5 Å². The first-order valence-corrected chi connectivity index (χ1v) is 5.93. The van der Waals surface area contributed by atoms with E-state index in [1.165, 1.54) is 12.3 Å². The first-order chi connectivity index (χ1) is 8.60. The molecule has 18 heavy (non-hydrogen) atoms. The minimum atomic E-state index is -0.502. The molecule has 1 aliphatic carbocycles. The van der Waals surface area contributed by atoms with Crippen LogP contribution >= 0.6 is 0 Å². The molecule has 6 heteroatoms. The minimum absolute atomic E-state index is 0.0636. The van der Waals surface area contributed by atoms with Gasteiger partial charge in [0.2, 0.25) is 5.82 Å². The number of nitrogens with zero attached hydrogens (tertiary/aromatic N) is 3. The molecule has 0 spiro atoms. The molecule has 1 aromatic rings. The Labute approximate surface area is 105 Å². The lowest BCUT2D eigenvalue weighted by Gasteiger charge is -2.42. The molecular weight excluding hydrogens is 232 g/mol. The van der Waals surface area contributed by atoms with E-state index in [1.54, 1.807) is 0 Å². The molecule has 0 aliphatic heterocycles. The Morgan fingerprint density at radius 2 is 2.39 bits per heavy atom. The van der Waals surface area contributed by atoms with Crippen molar-refractivity contribution in [3.8, 4) is 6.07 Å². The average molecular weight is 246 g/mol. The maximum atomic E-state index is 11.0. The van der Waals surface area contributed by atoms with Gasteiger partial charge in [-0.3, -0.25) is 10.1 Å². The Hall–Kier alpha value is -2.16. The Bertz CT molecular complexity index is 512.